The second-order valence-electron chi connectivity index (χ2n) is 5.74. The van der Waals surface area contributed by atoms with Crippen LogP contribution in [0.15, 0.2) is 60.8 Å². The van der Waals surface area contributed by atoms with Crippen molar-refractivity contribution >= 4 is 16.8 Å². The number of amides is 1. The van der Waals surface area contributed by atoms with Gasteiger partial charge in [-0.1, -0.05) is 48.5 Å². The number of nitrogens with one attached hydrogen (secondary N) is 1. The van der Waals surface area contributed by atoms with Crippen molar-refractivity contribution in [1.29, 1.82) is 5.26 Å². The SMILES string of the molecule is N#Cc1cn(CC(=O)NCCCc2ccccc2)c2ccccc12. The zero-order chi connectivity index (χ0) is 16.8. The molecule has 0 aliphatic heterocycles. The maximum atomic E-state index is 12.2. The van der Waals surface area contributed by atoms with Crippen molar-refractivity contribution in [3.05, 3.63) is 71.9 Å². The van der Waals surface area contributed by atoms with Gasteiger partial charge >= 0.3 is 0 Å². The minimum absolute atomic E-state index is 0.0340. The van der Waals surface area contributed by atoms with Crippen LogP contribution in [0.25, 0.3) is 10.9 Å². The van der Waals surface area contributed by atoms with Gasteiger partial charge in [0.2, 0.25) is 5.91 Å². The monoisotopic (exact) mass is 317 g/mol. The summed E-state index contributed by atoms with van der Waals surface area (Å²) in [4.78, 5) is 12.2. The average molecular weight is 317 g/mol. The van der Waals surface area contributed by atoms with E-state index in [-0.39, 0.29) is 12.5 Å². The van der Waals surface area contributed by atoms with Crippen LogP contribution in [0.5, 0.6) is 0 Å². The Bertz CT molecular complexity index is 875. The smallest absolute Gasteiger partial charge is 0.239 e. The van der Waals surface area contributed by atoms with Crippen LogP contribution < -0.4 is 5.32 Å². The zero-order valence-corrected chi connectivity index (χ0v) is 13.4. The van der Waals surface area contributed by atoms with E-state index in [1.807, 2.05) is 47.0 Å². The summed E-state index contributed by atoms with van der Waals surface area (Å²) >= 11 is 0. The number of carbonyl (C=O) groups is 1. The van der Waals surface area contributed by atoms with Crippen LogP contribution in [0, 0.1) is 11.3 Å². The molecule has 0 aliphatic carbocycles. The van der Waals surface area contributed by atoms with Crippen molar-refractivity contribution < 1.29 is 4.79 Å². The molecule has 1 N–H and O–H groups in total. The number of carbonyl (C=O) groups excluding carboxylic acids is 1. The van der Waals surface area contributed by atoms with Crippen LogP contribution in [0.2, 0.25) is 0 Å². The van der Waals surface area contributed by atoms with Gasteiger partial charge < -0.3 is 9.88 Å². The fraction of sp³-hybridized carbons (Fsp3) is 0.200. The van der Waals surface area contributed by atoms with Gasteiger partial charge in [0.25, 0.3) is 0 Å². The average Bonchev–Trinajstić information content (AvgIpc) is 2.97. The number of rotatable bonds is 6. The van der Waals surface area contributed by atoms with Gasteiger partial charge in [-0.2, -0.15) is 5.26 Å². The lowest BCUT2D eigenvalue weighted by atomic mass is 10.1. The maximum Gasteiger partial charge on any atom is 0.239 e. The van der Waals surface area contributed by atoms with E-state index >= 15 is 0 Å². The molecule has 0 saturated carbocycles. The van der Waals surface area contributed by atoms with Crippen LogP contribution in [0.3, 0.4) is 0 Å². The fourth-order valence-electron chi connectivity index (χ4n) is 2.84. The molecule has 24 heavy (non-hydrogen) atoms. The van der Waals surface area contributed by atoms with Crippen molar-refractivity contribution in [1.82, 2.24) is 9.88 Å². The van der Waals surface area contributed by atoms with Crippen LogP contribution in [-0.4, -0.2) is 17.0 Å². The van der Waals surface area contributed by atoms with E-state index < -0.39 is 0 Å². The van der Waals surface area contributed by atoms with E-state index in [0.29, 0.717) is 12.1 Å². The van der Waals surface area contributed by atoms with Crippen molar-refractivity contribution in [2.75, 3.05) is 6.54 Å². The van der Waals surface area contributed by atoms with Crippen molar-refractivity contribution in [3.8, 4) is 6.07 Å². The highest BCUT2D eigenvalue weighted by atomic mass is 16.1. The Labute approximate surface area is 141 Å². The van der Waals surface area contributed by atoms with Crippen molar-refractivity contribution in [2.45, 2.75) is 19.4 Å². The number of nitrogens with zero attached hydrogens (tertiary/aromatic N) is 2. The lowest BCUT2D eigenvalue weighted by Crippen LogP contribution is -2.28. The maximum absolute atomic E-state index is 12.2. The van der Waals surface area contributed by atoms with Gasteiger partial charge in [0, 0.05) is 23.6 Å². The third-order valence-electron chi connectivity index (χ3n) is 4.03. The van der Waals surface area contributed by atoms with Crippen LogP contribution in [0.1, 0.15) is 17.5 Å². The molecule has 0 fully saturated rings. The number of hydrogen-bond acceptors (Lipinski definition) is 2. The first-order valence-electron chi connectivity index (χ1n) is 8.06. The molecule has 120 valence electrons. The third-order valence-corrected chi connectivity index (χ3v) is 4.03. The Morgan fingerprint density at radius 3 is 2.62 bits per heavy atom. The lowest BCUT2D eigenvalue weighted by Gasteiger charge is -2.07. The fourth-order valence-corrected chi connectivity index (χ4v) is 2.84. The van der Waals surface area contributed by atoms with Crippen molar-refractivity contribution in [2.24, 2.45) is 0 Å². The number of benzene rings is 2. The Balaban J connectivity index is 1.55. The summed E-state index contributed by atoms with van der Waals surface area (Å²) in [7, 11) is 0. The first-order valence-corrected chi connectivity index (χ1v) is 8.06. The van der Waals surface area contributed by atoms with Crippen LogP contribution >= 0.6 is 0 Å². The molecule has 0 radical (unpaired) electrons. The van der Waals surface area contributed by atoms with Gasteiger partial charge in [0.05, 0.1) is 5.56 Å². The van der Waals surface area contributed by atoms with E-state index in [2.05, 4.69) is 23.5 Å². The van der Waals surface area contributed by atoms with Gasteiger partial charge in [0.1, 0.15) is 12.6 Å². The summed E-state index contributed by atoms with van der Waals surface area (Å²) in [5, 5.41) is 13.0. The number of hydrogen-bond donors (Lipinski definition) is 1. The van der Waals surface area contributed by atoms with Gasteiger partial charge in [-0.15, -0.1) is 0 Å². The predicted octanol–water partition coefficient (Wildman–Crippen LogP) is 3.26. The molecule has 1 aromatic heterocycles. The lowest BCUT2D eigenvalue weighted by molar-refractivity contribution is -0.121. The molecule has 0 saturated heterocycles. The third kappa shape index (κ3) is 3.64. The highest BCUT2D eigenvalue weighted by Gasteiger charge is 2.10. The molecule has 4 nitrogen and oxygen atoms in total. The van der Waals surface area contributed by atoms with Gasteiger partial charge in [-0.05, 0) is 24.5 Å². The van der Waals surface area contributed by atoms with E-state index in [0.717, 1.165) is 23.7 Å². The highest BCUT2D eigenvalue weighted by molar-refractivity contribution is 5.88. The minimum atomic E-state index is -0.0340. The molecule has 0 unspecified atom stereocenters. The topological polar surface area (TPSA) is 57.8 Å². The molecule has 2 aromatic carbocycles. The molecule has 0 aliphatic rings. The first-order chi connectivity index (χ1) is 11.8. The largest absolute Gasteiger partial charge is 0.355 e. The number of aryl methyl sites for hydroxylation is 1. The molecule has 0 spiro atoms. The van der Waals surface area contributed by atoms with E-state index in [9.17, 15) is 10.1 Å². The first kappa shape index (κ1) is 15.8. The summed E-state index contributed by atoms with van der Waals surface area (Å²) in [6, 6.07) is 20.1. The standard InChI is InChI=1S/C20H19N3O/c21-13-17-14-23(19-11-5-4-10-18(17)19)15-20(24)22-12-6-9-16-7-2-1-3-8-16/h1-5,7-8,10-11,14H,6,9,12,15H2,(H,22,24). The number of aromatic nitrogens is 1. The van der Waals surface area contributed by atoms with Crippen molar-refractivity contribution in [3.63, 3.8) is 0 Å². The molecule has 3 rings (SSSR count). The number of para-hydroxylation sites is 1. The normalized spacial score (nSPS) is 10.5. The quantitative estimate of drug-likeness (QED) is 0.709. The number of nitriles is 1. The van der Waals surface area contributed by atoms with Gasteiger partial charge in [0.15, 0.2) is 0 Å². The Kier molecular flexibility index (Phi) is 4.93. The minimum Gasteiger partial charge on any atom is -0.355 e. The second-order valence-corrected chi connectivity index (χ2v) is 5.74. The van der Waals surface area contributed by atoms with E-state index in [1.54, 1.807) is 6.20 Å². The Morgan fingerprint density at radius 2 is 1.83 bits per heavy atom. The second kappa shape index (κ2) is 7.47. The molecular weight excluding hydrogens is 298 g/mol. The zero-order valence-electron chi connectivity index (χ0n) is 13.4. The molecule has 0 atom stereocenters. The Morgan fingerprint density at radius 1 is 1.08 bits per heavy atom. The molecule has 0 bridgehead atoms. The molecule has 1 amide bonds. The van der Waals surface area contributed by atoms with E-state index in [4.69, 9.17) is 0 Å². The summed E-state index contributed by atoms with van der Waals surface area (Å²) < 4.78 is 1.83. The molecule has 3 aromatic rings. The molecular formula is C20H19N3O. The van der Waals surface area contributed by atoms with E-state index in [1.165, 1.54) is 5.56 Å². The summed E-state index contributed by atoms with van der Waals surface area (Å²) in [6.45, 7) is 0.881. The van der Waals surface area contributed by atoms with Gasteiger partial charge in [-0.25, -0.2) is 0 Å². The highest BCUT2D eigenvalue weighted by Crippen LogP contribution is 2.20. The Hall–Kier alpha value is -3.06. The summed E-state index contributed by atoms with van der Waals surface area (Å²) in [6.07, 6.45) is 3.60. The van der Waals surface area contributed by atoms with Crippen LogP contribution in [-0.2, 0) is 17.8 Å². The van der Waals surface area contributed by atoms with Crippen LogP contribution in [0.4, 0.5) is 0 Å². The number of fused-ring (bicyclic) bond motifs is 1. The molecule has 1 heterocycles. The summed E-state index contributed by atoms with van der Waals surface area (Å²) in [5.74, 6) is -0.0340. The molecule has 4 heteroatoms. The summed E-state index contributed by atoms with van der Waals surface area (Å²) in [5.41, 5.74) is 2.79. The predicted molar refractivity (Wildman–Crippen MR) is 94.4 cm³/mol. The van der Waals surface area contributed by atoms with Gasteiger partial charge in [-0.3, -0.25) is 4.79 Å².